The normalized spacial score (nSPS) is 18.8. The monoisotopic (exact) mass is 310 g/mol. The van der Waals surface area contributed by atoms with E-state index < -0.39 is 0 Å². The van der Waals surface area contributed by atoms with Gasteiger partial charge in [-0.05, 0) is 11.6 Å². The Labute approximate surface area is 133 Å². The van der Waals surface area contributed by atoms with Gasteiger partial charge in [-0.15, -0.1) is 0 Å². The Morgan fingerprint density at radius 1 is 1.26 bits per heavy atom. The van der Waals surface area contributed by atoms with Crippen LogP contribution in [0.25, 0.3) is 0 Å². The van der Waals surface area contributed by atoms with Gasteiger partial charge in [-0.1, -0.05) is 30.3 Å². The summed E-state index contributed by atoms with van der Waals surface area (Å²) in [6.07, 6.45) is 1.25. The Morgan fingerprint density at radius 2 is 2.04 bits per heavy atom. The van der Waals surface area contributed by atoms with E-state index in [4.69, 9.17) is 0 Å². The van der Waals surface area contributed by atoms with Gasteiger partial charge < -0.3 is 10.2 Å². The predicted molar refractivity (Wildman–Crippen MR) is 83.8 cm³/mol. The molecule has 0 bridgehead atoms. The number of aromatic amines is 1. The molecule has 4 rings (SSSR count). The van der Waals surface area contributed by atoms with Crippen LogP contribution in [0.15, 0.2) is 36.4 Å². The van der Waals surface area contributed by atoms with Crippen LogP contribution in [0.3, 0.4) is 0 Å². The van der Waals surface area contributed by atoms with Gasteiger partial charge in [-0.3, -0.25) is 14.7 Å². The molecular formula is C17H18N4O2. The number of carbonyl (C=O) groups excluding carboxylic acids is 2. The first-order valence-corrected chi connectivity index (χ1v) is 7.78. The number of nitrogens with zero attached hydrogens (tertiary/aromatic N) is 2. The van der Waals surface area contributed by atoms with Crippen molar-refractivity contribution in [2.24, 2.45) is 5.41 Å². The lowest BCUT2D eigenvalue weighted by atomic mass is 9.79. The molecule has 2 fully saturated rings. The Hall–Kier alpha value is -2.63. The van der Waals surface area contributed by atoms with Gasteiger partial charge in [0.1, 0.15) is 5.69 Å². The smallest absolute Gasteiger partial charge is 0.274 e. The Balaban J connectivity index is 1.40. The molecule has 118 valence electrons. The first-order valence-electron chi connectivity index (χ1n) is 7.78. The zero-order valence-electron chi connectivity index (χ0n) is 12.7. The molecule has 2 amide bonds. The van der Waals surface area contributed by atoms with E-state index in [0.29, 0.717) is 31.7 Å². The first-order chi connectivity index (χ1) is 11.1. The van der Waals surface area contributed by atoms with E-state index in [9.17, 15) is 9.59 Å². The number of hydrogen-bond donors (Lipinski definition) is 2. The van der Waals surface area contributed by atoms with Crippen LogP contribution in [0.5, 0.6) is 0 Å². The van der Waals surface area contributed by atoms with Crippen LogP contribution in [0.4, 0.5) is 0 Å². The standard InChI is InChI=1S/C17H18N4O2/c22-15-8-17(9-18-15)10-21(11-17)16(23)14-7-13(19-20-14)6-12-4-2-1-3-5-12/h1-5,7H,6,8-11H2,(H,18,22)(H,19,20). The maximum absolute atomic E-state index is 12.5. The molecule has 2 N–H and O–H groups in total. The lowest BCUT2D eigenvalue weighted by molar-refractivity contribution is -0.120. The molecule has 1 aromatic heterocycles. The van der Waals surface area contributed by atoms with Crippen molar-refractivity contribution in [3.63, 3.8) is 0 Å². The molecule has 1 aromatic carbocycles. The summed E-state index contributed by atoms with van der Waals surface area (Å²) >= 11 is 0. The number of aromatic nitrogens is 2. The van der Waals surface area contributed by atoms with E-state index in [1.165, 1.54) is 5.56 Å². The number of H-pyrrole nitrogens is 1. The molecule has 6 heteroatoms. The van der Waals surface area contributed by atoms with Crippen LogP contribution in [-0.4, -0.2) is 46.5 Å². The molecule has 3 heterocycles. The van der Waals surface area contributed by atoms with Crippen molar-refractivity contribution < 1.29 is 9.59 Å². The quantitative estimate of drug-likeness (QED) is 0.886. The van der Waals surface area contributed by atoms with Crippen molar-refractivity contribution in [3.05, 3.63) is 53.3 Å². The van der Waals surface area contributed by atoms with Gasteiger partial charge >= 0.3 is 0 Å². The fourth-order valence-electron chi connectivity index (χ4n) is 3.42. The van der Waals surface area contributed by atoms with Crippen LogP contribution in [0.1, 0.15) is 28.2 Å². The predicted octanol–water partition coefficient (Wildman–Crippen LogP) is 0.963. The maximum atomic E-state index is 12.5. The zero-order valence-corrected chi connectivity index (χ0v) is 12.7. The summed E-state index contributed by atoms with van der Waals surface area (Å²) in [5.41, 5.74) is 2.50. The molecule has 2 aliphatic rings. The minimum Gasteiger partial charge on any atom is -0.355 e. The lowest BCUT2D eigenvalue weighted by Gasteiger charge is -2.46. The molecule has 0 radical (unpaired) electrons. The summed E-state index contributed by atoms with van der Waals surface area (Å²) in [4.78, 5) is 25.6. The molecule has 0 unspecified atom stereocenters. The van der Waals surface area contributed by atoms with E-state index in [1.54, 1.807) is 4.90 Å². The fourth-order valence-corrected chi connectivity index (χ4v) is 3.42. The van der Waals surface area contributed by atoms with Crippen molar-refractivity contribution in [1.29, 1.82) is 0 Å². The third-order valence-corrected chi connectivity index (χ3v) is 4.62. The van der Waals surface area contributed by atoms with Crippen molar-refractivity contribution in [2.75, 3.05) is 19.6 Å². The second kappa shape index (κ2) is 5.22. The molecule has 0 atom stereocenters. The van der Waals surface area contributed by atoms with Gasteiger partial charge in [0.25, 0.3) is 5.91 Å². The Morgan fingerprint density at radius 3 is 2.74 bits per heavy atom. The summed E-state index contributed by atoms with van der Waals surface area (Å²) in [6.45, 7) is 1.94. The maximum Gasteiger partial charge on any atom is 0.274 e. The molecule has 0 aliphatic carbocycles. The van der Waals surface area contributed by atoms with Crippen LogP contribution >= 0.6 is 0 Å². The number of hydrogen-bond acceptors (Lipinski definition) is 3. The number of rotatable bonds is 3. The third-order valence-electron chi connectivity index (χ3n) is 4.62. The van der Waals surface area contributed by atoms with Gasteiger partial charge in [0, 0.05) is 43.6 Å². The lowest BCUT2D eigenvalue weighted by Crippen LogP contribution is -2.59. The second-order valence-electron chi connectivity index (χ2n) is 6.56. The Bertz CT molecular complexity index is 747. The van der Waals surface area contributed by atoms with Gasteiger partial charge in [-0.2, -0.15) is 5.10 Å². The van der Waals surface area contributed by atoms with Crippen molar-refractivity contribution >= 4 is 11.8 Å². The topological polar surface area (TPSA) is 78.1 Å². The van der Waals surface area contributed by atoms with Crippen LogP contribution < -0.4 is 5.32 Å². The van der Waals surface area contributed by atoms with Gasteiger partial charge in [0.15, 0.2) is 0 Å². The highest BCUT2D eigenvalue weighted by Gasteiger charge is 2.50. The fraction of sp³-hybridized carbons (Fsp3) is 0.353. The van der Waals surface area contributed by atoms with Gasteiger partial charge in [0.2, 0.25) is 5.91 Å². The number of amides is 2. The summed E-state index contributed by atoms with van der Waals surface area (Å²) in [5, 5.41) is 9.93. The molecule has 0 saturated carbocycles. The SMILES string of the molecule is O=C1CC2(CN1)CN(C(=O)c1cc(Cc3ccccc3)[nH]n1)C2. The molecule has 2 aromatic rings. The second-order valence-corrected chi connectivity index (χ2v) is 6.56. The summed E-state index contributed by atoms with van der Waals surface area (Å²) in [7, 11) is 0. The number of nitrogens with one attached hydrogen (secondary N) is 2. The summed E-state index contributed by atoms with van der Waals surface area (Å²) < 4.78 is 0. The summed E-state index contributed by atoms with van der Waals surface area (Å²) in [5.74, 6) is 0.0209. The third kappa shape index (κ3) is 2.60. The summed E-state index contributed by atoms with van der Waals surface area (Å²) in [6, 6.07) is 11.9. The largest absolute Gasteiger partial charge is 0.355 e. The van der Waals surface area contributed by atoms with Crippen LogP contribution in [0.2, 0.25) is 0 Å². The number of likely N-dealkylation sites (tertiary alicyclic amines) is 1. The van der Waals surface area contributed by atoms with E-state index in [0.717, 1.165) is 12.1 Å². The van der Waals surface area contributed by atoms with Gasteiger partial charge in [-0.25, -0.2) is 0 Å². The van der Waals surface area contributed by atoms with Gasteiger partial charge in [0.05, 0.1) is 0 Å². The molecule has 23 heavy (non-hydrogen) atoms. The highest BCUT2D eigenvalue weighted by molar-refractivity contribution is 5.93. The van der Waals surface area contributed by atoms with Crippen LogP contribution in [-0.2, 0) is 11.2 Å². The molecule has 6 nitrogen and oxygen atoms in total. The average molecular weight is 310 g/mol. The van der Waals surface area contributed by atoms with Crippen LogP contribution in [0, 0.1) is 5.41 Å². The molecule has 2 aliphatic heterocycles. The minimum absolute atomic E-state index is 0.0457. The molecular weight excluding hydrogens is 292 g/mol. The highest BCUT2D eigenvalue weighted by atomic mass is 16.2. The van der Waals surface area contributed by atoms with E-state index in [1.807, 2.05) is 36.4 Å². The van der Waals surface area contributed by atoms with E-state index in [2.05, 4.69) is 15.5 Å². The molecule has 2 saturated heterocycles. The number of benzene rings is 1. The first kappa shape index (κ1) is 14.0. The van der Waals surface area contributed by atoms with Crippen molar-refractivity contribution in [1.82, 2.24) is 20.4 Å². The average Bonchev–Trinajstić information content (AvgIpc) is 3.13. The Kier molecular flexibility index (Phi) is 3.18. The minimum atomic E-state index is -0.0643. The van der Waals surface area contributed by atoms with E-state index in [-0.39, 0.29) is 17.2 Å². The highest BCUT2D eigenvalue weighted by Crippen LogP contribution is 2.37. The zero-order chi connectivity index (χ0) is 15.9. The number of carbonyl (C=O) groups is 2. The molecule has 1 spiro atoms. The van der Waals surface area contributed by atoms with Crippen molar-refractivity contribution in [3.8, 4) is 0 Å². The van der Waals surface area contributed by atoms with E-state index >= 15 is 0 Å². The van der Waals surface area contributed by atoms with Crippen molar-refractivity contribution in [2.45, 2.75) is 12.8 Å².